The first kappa shape index (κ1) is 18.2. The maximum atomic E-state index is 11.6. The van der Waals surface area contributed by atoms with Gasteiger partial charge >= 0.3 is 11.9 Å². The number of aliphatic carboxylic acids is 1. The number of aromatic nitrogens is 1. The fourth-order valence-electron chi connectivity index (χ4n) is 2.59. The molecule has 1 aromatic heterocycles. The molecular formula is C16H23N3O5. The number of carbonyl (C=O) groups is 2. The fourth-order valence-corrected chi connectivity index (χ4v) is 2.59. The molecule has 0 bridgehead atoms. The molecule has 1 fully saturated rings. The Morgan fingerprint density at radius 1 is 1.50 bits per heavy atom. The van der Waals surface area contributed by atoms with E-state index in [1.165, 1.54) is 6.20 Å². The van der Waals surface area contributed by atoms with Crippen molar-refractivity contribution in [3.05, 3.63) is 23.9 Å². The number of pyridine rings is 1. The Hall–Kier alpha value is -2.19. The van der Waals surface area contributed by atoms with Crippen molar-refractivity contribution < 1.29 is 24.2 Å². The highest BCUT2D eigenvalue weighted by molar-refractivity contribution is 5.89. The van der Waals surface area contributed by atoms with Gasteiger partial charge in [0.1, 0.15) is 5.82 Å². The van der Waals surface area contributed by atoms with Gasteiger partial charge in [0.25, 0.3) is 0 Å². The molecule has 24 heavy (non-hydrogen) atoms. The Morgan fingerprint density at radius 2 is 2.29 bits per heavy atom. The lowest BCUT2D eigenvalue weighted by Crippen LogP contribution is -2.48. The number of hydrogen-bond donors (Lipinski definition) is 1. The summed E-state index contributed by atoms with van der Waals surface area (Å²) in [5.74, 6) is -0.481. The molecule has 0 aromatic carbocycles. The van der Waals surface area contributed by atoms with E-state index in [9.17, 15) is 9.59 Å². The first-order valence-corrected chi connectivity index (χ1v) is 7.89. The van der Waals surface area contributed by atoms with Crippen molar-refractivity contribution in [2.75, 3.05) is 51.3 Å². The number of anilines is 1. The summed E-state index contributed by atoms with van der Waals surface area (Å²) in [6.45, 7) is 4.47. The van der Waals surface area contributed by atoms with E-state index in [0.717, 1.165) is 5.82 Å². The Balaban J connectivity index is 1.94. The molecule has 1 aromatic rings. The molecular weight excluding hydrogens is 314 g/mol. The van der Waals surface area contributed by atoms with Crippen LogP contribution in [-0.4, -0.2) is 79.5 Å². The highest BCUT2D eigenvalue weighted by Crippen LogP contribution is 2.16. The second-order valence-electron chi connectivity index (χ2n) is 5.65. The predicted octanol–water partition coefficient (Wildman–Crippen LogP) is 0.480. The number of nitrogens with zero attached hydrogens (tertiary/aromatic N) is 3. The Bertz CT molecular complexity index is 563. The average molecular weight is 337 g/mol. The first-order valence-electron chi connectivity index (χ1n) is 7.89. The lowest BCUT2D eigenvalue weighted by atomic mass is 10.2. The van der Waals surface area contributed by atoms with Gasteiger partial charge in [-0.05, 0) is 26.1 Å². The third-order valence-electron chi connectivity index (χ3n) is 3.64. The summed E-state index contributed by atoms with van der Waals surface area (Å²) in [6, 6.07) is 3.48. The molecule has 0 radical (unpaired) electrons. The first-order chi connectivity index (χ1) is 11.5. The van der Waals surface area contributed by atoms with Crippen LogP contribution in [0.25, 0.3) is 0 Å². The predicted molar refractivity (Wildman–Crippen MR) is 87.3 cm³/mol. The minimum Gasteiger partial charge on any atom is -0.480 e. The van der Waals surface area contributed by atoms with Crippen molar-refractivity contribution in [3.8, 4) is 0 Å². The average Bonchev–Trinajstić information content (AvgIpc) is 2.54. The topological polar surface area (TPSA) is 92.2 Å². The summed E-state index contributed by atoms with van der Waals surface area (Å²) >= 11 is 0. The lowest BCUT2D eigenvalue weighted by Gasteiger charge is -2.35. The van der Waals surface area contributed by atoms with E-state index < -0.39 is 5.97 Å². The Kier molecular flexibility index (Phi) is 6.51. The Morgan fingerprint density at radius 3 is 2.92 bits per heavy atom. The van der Waals surface area contributed by atoms with Crippen molar-refractivity contribution in [1.82, 2.24) is 9.88 Å². The van der Waals surface area contributed by atoms with Crippen LogP contribution in [0, 0.1) is 0 Å². The van der Waals surface area contributed by atoms with Crippen LogP contribution in [-0.2, 0) is 14.3 Å². The van der Waals surface area contributed by atoms with E-state index in [4.69, 9.17) is 14.6 Å². The molecule has 2 rings (SSSR count). The zero-order chi connectivity index (χ0) is 17.5. The summed E-state index contributed by atoms with van der Waals surface area (Å²) < 4.78 is 10.6. The van der Waals surface area contributed by atoms with Gasteiger partial charge in [-0.25, -0.2) is 9.78 Å². The maximum Gasteiger partial charge on any atom is 0.339 e. The van der Waals surface area contributed by atoms with Crippen molar-refractivity contribution in [3.63, 3.8) is 0 Å². The fraction of sp³-hybridized carbons (Fsp3) is 0.562. The molecule has 0 aliphatic carbocycles. The van der Waals surface area contributed by atoms with Crippen LogP contribution in [0.3, 0.4) is 0 Å². The van der Waals surface area contributed by atoms with Crippen LogP contribution >= 0.6 is 0 Å². The normalized spacial score (nSPS) is 17.8. The molecule has 0 amide bonds. The van der Waals surface area contributed by atoms with Gasteiger partial charge in [-0.2, -0.15) is 0 Å². The van der Waals surface area contributed by atoms with Crippen molar-refractivity contribution in [2.45, 2.75) is 13.0 Å². The molecule has 8 nitrogen and oxygen atoms in total. The molecule has 1 atom stereocenters. The minimum absolute atomic E-state index is 0.0215. The number of hydrogen-bond acceptors (Lipinski definition) is 7. The van der Waals surface area contributed by atoms with Gasteiger partial charge in [0.15, 0.2) is 0 Å². The second-order valence-corrected chi connectivity index (χ2v) is 5.65. The van der Waals surface area contributed by atoms with Crippen molar-refractivity contribution in [2.24, 2.45) is 0 Å². The second kappa shape index (κ2) is 8.60. The number of rotatable bonds is 7. The van der Waals surface area contributed by atoms with E-state index in [-0.39, 0.29) is 18.6 Å². The summed E-state index contributed by atoms with van der Waals surface area (Å²) in [4.78, 5) is 30.5. The largest absolute Gasteiger partial charge is 0.480 e. The molecule has 0 saturated carbocycles. The third-order valence-corrected chi connectivity index (χ3v) is 3.64. The summed E-state index contributed by atoms with van der Waals surface area (Å²) in [5, 5.41) is 8.81. The van der Waals surface area contributed by atoms with Gasteiger partial charge in [0, 0.05) is 25.8 Å². The minimum atomic E-state index is -0.860. The van der Waals surface area contributed by atoms with Gasteiger partial charge in [-0.1, -0.05) is 0 Å². The van der Waals surface area contributed by atoms with E-state index in [2.05, 4.69) is 9.88 Å². The number of carboxylic acid groups (broad SMARTS) is 1. The Labute approximate surface area is 141 Å². The van der Waals surface area contributed by atoms with Gasteiger partial charge in [-0.15, -0.1) is 0 Å². The number of carboxylic acids is 1. The molecule has 8 heteroatoms. The van der Waals surface area contributed by atoms with E-state index in [1.54, 1.807) is 31.0 Å². The quantitative estimate of drug-likeness (QED) is 0.718. The van der Waals surface area contributed by atoms with Crippen LogP contribution in [0.4, 0.5) is 5.82 Å². The van der Waals surface area contributed by atoms with Crippen LogP contribution in [0.15, 0.2) is 18.3 Å². The monoisotopic (exact) mass is 337 g/mol. The highest BCUT2D eigenvalue weighted by Gasteiger charge is 2.23. The van der Waals surface area contributed by atoms with Crippen LogP contribution in [0.1, 0.15) is 17.3 Å². The lowest BCUT2D eigenvalue weighted by molar-refractivity contribution is -0.138. The van der Waals surface area contributed by atoms with Crippen LogP contribution in [0.2, 0.25) is 0 Å². The van der Waals surface area contributed by atoms with Crippen LogP contribution < -0.4 is 4.90 Å². The van der Waals surface area contributed by atoms with Crippen molar-refractivity contribution in [1.29, 1.82) is 0 Å². The van der Waals surface area contributed by atoms with Crippen molar-refractivity contribution >= 4 is 17.8 Å². The third kappa shape index (κ3) is 5.17. The zero-order valence-corrected chi connectivity index (χ0v) is 14.0. The number of likely N-dealkylation sites (N-methyl/N-ethyl adjacent to an activating group) is 1. The number of morpholine rings is 1. The van der Waals surface area contributed by atoms with E-state index in [1.807, 2.05) is 0 Å². The van der Waals surface area contributed by atoms with Gasteiger partial charge < -0.3 is 19.5 Å². The maximum absolute atomic E-state index is 11.6. The number of esters is 1. The smallest absolute Gasteiger partial charge is 0.339 e. The van der Waals surface area contributed by atoms with Crippen LogP contribution in [0.5, 0.6) is 0 Å². The summed E-state index contributed by atoms with van der Waals surface area (Å²) in [6.07, 6.45) is 1.42. The molecule has 1 aliphatic heterocycles. The van der Waals surface area contributed by atoms with E-state index in [0.29, 0.717) is 38.4 Å². The standard InChI is InChI=1S/C16H23N3O5/c1-3-23-16(22)12-4-5-14(17-8-12)19-6-7-24-13(10-19)9-18(2)11-15(20)21/h4-5,8,13H,3,6-7,9-11H2,1-2H3,(H,20,21). The zero-order valence-electron chi connectivity index (χ0n) is 14.0. The summed E-state index contributed by atoms with van der Waals surface area (Å²) in [7, 11) is 1.75. The van der Waals surface area contributed by atoms with Gasteiger partial charge in [0.05, 0.1) is 31.4 Å². The molecule has 1 N–H and O–H groups in total. The molecule has 2 heterocycles. The number of ether oxygens (including phenoxy) is 2. The number of carbonyl (C=O) groups excluding carboxylic acids is 1. The van der Waals surface area contributed by atoms with Gasteiger partial charge in [-0.3, -0.25) is 9.69 Å². The molecule has 132 valence electrons. The van der Waals surface area contributed by atoms with E-state index >= 15 is 0 Å². The summed E-state index contributed by atoms with van der Waals surface area (Å²) in [5.41, 5.74) is 0.423. The highest BCUT2D eigenvalue weighted by atomic mass is 16.5. The SMILES string of the molecule is CCOC(=O)c1ccc(N2CCOC(CN(C)CC(=O)O)C2)nc1. The molecule has 1 aliphatic rings. The molecule has 1 unspecified atom stereocenters. The molecule has 0 spiro atoms. The van der Waals surface area contributed by atoms with Gasteiger partial charge in [0.2, 0.25) is 0 Å². The molecule has 1 saturated heterocycles.